The lowest BCUT2D eigenvalue weighted by molar-refractivity contribution is 0.0928. The molecule has 0 aliphatic heterocycles. The van der Waals surface area contributed by atoms with Crippen molar-refractivity contribution in [3.05, 3.63) is 78.0 Å². The van der Waals surface area contributed by atoms with Crippen molar-refractivity contribution >= 4 is 26.9 Å². The van der Waals surface area contributed by atoms with Crippen LogP contribution in [0.4, 0.5) is 0 Å². The predicted molar refractivity (Wildman–Crippen MR) is 131 cm³/mol. The lowest BCUT2D eigenvalue weighted by Crippen LogP contribution is -2.47. The summed E-state index contributed by atoms with van der Waals surface area (Å²) in [7, 11) is -4.21. The van der Waals surface area contributed by atoms with Crippen molar-refractivity contribution in [3.8, 4) is 11.3 Å². The second-order valence-electron chi connectivity index (χ2n) is 9.77. The maximum atomic E-state index is 13.4. The van der Waals surface area contributed by atoms with Crippen LogP contribution in [0.1, 0.15) is 37.0 Å². The molecule has 2 aliphatic carbocycles. The molecule has 8 heteroatoms. The highest BCUT2D eigenvalue weighted by Crippen LogP contribution is 2.64. The average Bonchev–Trinajstić information content (AvgIpc) is 3.16. The number of pyridine rings is 1. The van der Waals surface area contributed by atoms with Crippen molar-refractivity contribution < 1.29 is 17.8 Å². The zero-order valence-electron chi connectivity index (χ0n) is 19.1. The molecule has 2 aliphatic rings. The molecule has 2 atom stereocenters. The van der Waals surface area contributed by atoms with E-state index in [4.69, 9.17) is 4.98 Å². The molecule has 176 valence electrons. The highest BCUT2D eigenvalue weighted by atomic mass is 32.2. The number of para-hydroxylation sites is 1. The third kappa shape index (κ3) is 3.67. The minimum Gasteiger partial charge on any atom is -0.302 e. The fraction of sp³-hybridized carbons (Fsp3) is 0.308. The highest BCUT2D eigenvalue weighted by Gasteiger charge is 2.61. The molecule has 34 heavy (non-hydrogen) atoms. The zero-order valence-corrected chi connectivity index (χ0v) is 19.9. The number of amides is 1. The summed E-state index contributed by atoms with van der Waals surface area (Å²) in [5, 5.41) is 0.719. The van der Waals surface area contributed by atoms with Gasteiger partial charge in [-0.3, -0.25) is 14.8 Å². The van der Waals surface area contributed by atoms with Crippen LogP contribution in [0.25, 0.3) is 22.2 Å². The zero-order chi connectivity index (χ0) is 24.1. The topological polar surface area (TPSA) is 108 Å². The maximum Gasteiger partial charge on any atom is 0.270 e. The molecule has 2 bridgehead atoms. The van der Waals surface area contributed by atoms with Gasteiger partial charge in [-0.25, -0.2) is 4.98 Å². The summed E-state index contributed by atoms with van der Waals surface area (Å²) in [5.74, 6) is -0.562. The van der Waals surface area contributed by atoms with E-state index in [0.717, 1.165) is 17.4 Å². The molecule has 0 spiro atoms. The van der Waals surface area contributed by atoms with Gasteiger partial charge in [0, 0.05) is 22.1 Å². The van der Waals surface area contributed by atoms with Crippen molar-refractivity contribution in [1.29, 1.82) is 0 Å². The van der Waals surface area contributed by atoms with Gasteiger partial charge in [-0.2, -0.15) is 8.42 Å². The van der Waals surface area contributed by atoms with Crippen LogP contribution >= 0.6 is 0 Å². The molecule has 5 rings (SSSR count). The number of benzene rings is 2. The van der Waals surface area contributed by atoms with Gasteiger partial charge in [0.2, 0.25) is 0 Å². The van der Waals surface area contributed by atoms with Crippen LogP contribution < -0.4 is 10.9 Å². The van der Waals surface area contributed by atoms with Crippen LogP contribution in [-0.4, -0.2) is 29.6 Å². The van der Waals surface area contributed by atoms with Crippen molar-refractivity contribution in [3.63, 3.8) is 0 Å². The minimum absolute atomic E-state index is 0.167. The van der Waals surface area contributed by atoms with Gasteiger partial charge in [-0.15, -0.1) is 0 Å². The molecule has 3 aromatic rings. The molecule has 0 radical (unpaired) electrons. The Hall–Kier alpha value is -3.23. The normalized spacial score (nSPS) is 23.0. The molecule has 3 N–H and O–H groups in total. The lowest BCUT2D eigenvalue weighted by atomic mass is 9.69. The fourth-order valence-electron chi connectivity index (χ4n) is 5.69. The Labute approximate surface area is 199 Å². The van der Waals surface area contributed by atoms with Gasteiger partial charge in [0.15, 0.2) is 0 Å². The first-order chi connectivity index (χ1) is 16.1. The van der Waals surface area contributed by atoms with E-state index in [9.17, 15) is 17.8 Å². The van der Waals surface area contributed by atoms with Gasteiger partial charge in [0.05, 0.1) is 22.5 Å². The molecule has 1 amide bonds. The maximum absolute atomic E-state index is 13.4. The van der Waals surface area contributed by atoms with Gasteiger partial charge in [-0.1, -0.05) is 68.5 Å². The second-order valence-corrected chi connectivity index (χ2v) is 11.2. The Kier molecular flexibility index (Phi) is 5.26. The van der Waals surface area contributed by atoms with Crippen molar-refractivity contribution in [1.82, 2.24) is 15.8 Å². The molecular weight excluding hydrogens is 450 g/mol. The van der Waals surface area contributed by atoms with Crippen molar-refractivity contribution in [2.24, 2.45) is 16.7 Å². The Bertz CT molecular complexity index is 1420. The van der Waals surface area contributed by atoms with Crippen LogP contribution in [0.2, 0.25) is 0 Å². The number of hydrogen-bond acceptors (Lipinski definition) is 5. The van der Waals surface area contributed by atoms with E-state index in [-0.39, 0.29) is 23.0 Å². The van der Waals surface area contributed by atoms with Gasteiger partial charge in [-0.05, 0) is 36.3 Å². The number of aromatic nitrogens is 1. The van der Waals surface area contributed by atoms with E-state index >= 15 is 0 Å². The Morgan fingerprint density at radius 1 is 1.12 bits per heavy atom. The lowest BCUT2D eigenvalue weighted by Gasteiger charge is -2.39. The highest BCUT2D eigenvalue weighted by molar-refractivity contribution is 7.85. The molecule has 2 aromatic carbocycles. The number of allylic oxidation sites excluding steroid dienone is 2. The molecule has 1 aromatic heterocycles. The summed E-state index contributed by atoms with van der Waals surface area (Å²) in [4.78, 5) is 18.1. The SMILES string of the molecule is CC1(C)[C@@H]2C=C(NNC(=O)c3cc(-c4ccccc4)nc4ccccc34)[C@@]1(CS(=O)(=O)O)CC2. The Morgan fingerprint density at radius 2 is 1.82 bits per heavy atom. The number of nitrogens with one attached hydrogen (secondary N) is 2. The van der Waals surface area contributed by atoms with E-state index < -0.39 is 15.5 Å². The third-order valence-corrected chi connectivity index (χ3v) is 8.55. The van der Waals surface area contributed by atoms with E-state index in [2.05, 4.69) is 10.9 Å². The third-order valence-electron chi connectivity index (χ3n) is 7.70. The monoisotopic (exact) mass is 477 g/mol. The number of carbonyl (C=O) groups is 1. The van der Waals surface area contributed by atoms with Crippen LogP contribution in [0.5, 0.6) is 0 Å². The van der Waals surface area contributed by atoms with Gasteiger partial charge < -0.3 is 5.43 Å². The number of rotatable bonds is 6. The largest absolute Gasteiger partial charge is 0.302 e. The Balaban J connectivity index is 1.46. The van der Waals surface area contributed by atoms with Crippen LogP contribution in [0, 0.1) is 16.7 Å². The van der Waals surface area contributed by atoms with E-state index in [1.165, 1.54) is 0 Å². The first-order valence-corrected chi connectivity index (χ1v) is 12.9. The first kappa shape index (κ1) is 22.6. The molecule has 1 heterocycles. The summed E-state index contributed by atoms with van der Waals surface area (Å²) in [6.45, 7) is 4.04. The quantitative estimate of drug-likeness (QED) is 0.360. The summed E-state index contributed by atoms with van der Waals surface area (Å²) < 4.78 is 33.5. The minimum atomic E-state index is -4.21. The summed E-state index contributed by atoms with van der Waals surface area (Å²) in [6, 6.07) is 18.9. The van der Waals surface area contributed by atoms with E-state index in [0.29, 0.717) is 28.9 Å². The van der Waals surface area contributed by atoms with E-state index in [1.807, 2.05) is 74.5 Å². The van der Waals surface area contributed by atoms with Crippen LogP contribution in [-0.2, 0) is 10.1 Å². The molecule has 0 unspecified atom stereocenters. The Morgan fingerprint density at radius 3 is 2.53 bits per heavy atom. The van der Waals surface area contributed by atoms with Crippen LogP contribution in [0.3, 0.4) is 0 Å². The standard InChI is InChI=1S/C26H27N3O4S/c1-25(2)18-12-13-26(25,16-34(31,32)33)23(14-18)28-29-24(30)20-15-22(17-8-4-3-5-9-17)27-21-11-7-6-10-19(20)21/h3-11,14-15,18,28H,12-13,16H2,1-2H3,(H,29,30)(H,31,32,33)/t18-,26-/m0/s1. The molecule has 1 saturated carbocycles. The molecule has 0 saturated heterocycles. The van der Waals surface area contributed by atoms with E-state index in [1.54, 1.807) is 6.07 Å². The molecule has 7 nitrogen and oxygen atoms in total. The average molecular weight is 478 g/mol. The number of hydrogen-bond donors (Lipinski definition) is 3. The molecule has 1 fully saturated rings. The predicted octanol–water partition coefficient (Wildman–Crippen LogP) is 4.34. The van der Waals surface area contributed by atoms with Gasteiger partial charge in [0.25, 0.3) is 16.0 Å². The number of hydrazine groups is 1. The second kappa shape index (κ2) is 7.92. The smallest absolute Gasteiger partial charge is 0.270 e. The van der Waals surface area contributed by atoms with Gasteiger partial charge in [0.1, 0.15) is 0 Å². The van der Waals surface area contributed by atoms with Crippen LogP contribution in [0.15, 0.2) is 72.4 Å². The number of fused-ring (bicyclic) bond motifs is 3. The van der Waals surface area contributed by atoms with Gasteiger partial charge >= 0.3 is 0 Å². The van der Waals surface area contributed by atoms with Crippen molar-refractivity contribution in [2.75, 3.05) is 5.75 Å². The summed E-state index contributed by atoms with van der Waals surface area (Å²) in [5.41, 5.74) is 8.06. The summed E-state index contributed by atoms with van der Waals surface area (Å²) in [6.07, 6.45) is 3.46. The first-order valence-electron chi connectivity index (χ1n) is 11.3. The molecular formula is C26H27N3O4S. The van der Waals surface area contributed by atoms with Crippen molar-refractivity contribution in [2.45, 2.75) is 26.7 Å². The fourth-order valence-corrected chi connectivity index (χ4v) is 6.99. The summed E-state index contributed by atoms with van der Waals surface area (Å²) >= 11 is 0. The number of nitrogens with zero attached hydrogens (tertiary/aromatic N) is 1. The number of carbonyl (C=O) groups excluding carboxylic acids is 1.